The van der Waals surface area contributed by atoms with Crippen molar-refractivity contribution in [2.75, 3.05) is 0 Å². The molecule has 2 heterocycles. The standard InChI is InChI=1S/C16H27ClN4/c1-7-13-15-16(20(6)19-13)21(14(8-17)18-15)9-12(10(2)3)11(4)5/h10-12H,7-9H2,1-6H3. The molecule has 0 spiro atoms. The first-order valence-electron chi connectivity index (χ1n) is 7.87. The number of fused-ring (bicyclic) bond motifs is 1. The zero-order chi connectivity index (χ0) is 15.7. The van der Waals surface area contributed by atoms with Crippen LogP contribution in [-0.4, -0.2) is 19.3 Å². The Kier molecular flexibility index (Phi) is 4.97. The van der Waals surface area contributed by atoms with Crippen LogP contribution in [0.15, 0.2) is 0 Å². The average Bonchev–Trinajstić information content (AvgIpc) is 2.93. The van der Waals surface area contributed by atoms with Gasteiger partial charge >= 0.3 is 0 Å². The molecule has 0 saturated heterocycles. The van der Waals surface area contributed by atoms with Crippen molar-refractivity contribution < 1.29 is 0 Å². The first-order valence-corrected chi connectivity index (χ1v) is 8.41. The second-order valence-electron chi connectivity index (χ2n) is 6.52. The molecule has 2 aromatic heterocycles. The minimum atomic E-state index is 0.445. The van der Waals surface area contributed by atoms with E-state index in [9.17, 15) is 0 Å². The Morgan fingerprint density at radius 3 is 2.24 bits per heavy atom. The van der Waals surface area contributed by atoms with Crippen LogP contribution in [0.5, 0.6) is 0 Å². The van der Waals surface area contributed by atoms with Gasteiger partial charge < -0.3 is 4.57 Å². The van der Waals surface area contributed by atoms with Crippen LogP contribution in [0.1, 0.15) is 46.1 Å². The Morgan fingerprint density at radius 1 is 1.14 bits per heavy atom. The summed E-state index contributed by atoms with van der Waals surface area (Å²) in [5, 5.41) is 4.59. The van der Waals surface area contributed by atoms with E-state index in [0.29, 0.717) is 23.6 Å². The maximum Gasteiger partial charge on any atom is 0.158 e. The molecule has 0 radical (unpaired) electrons. The Hall–Kier alpha value is -1.03. The van der Waals surface area contributed by atoms with Crippen molar-refractivity contribution in [3.05, 3.63) is 11.5 Å². The van der Waals surface area contributed by atoms with Gasteiger partial charge in [-0.05, 0) is 24.2 Å². The summed E-state index contributed by atoms with van der Waals surface area (Å²) in [6, 6.07) is 0. The molecule has 0 aliphatic carbocycles. The van der Waals surface area contributed by atoms with E-state index in [0.717, 1.165) is 35.6 Å². The van der Waals surface area contributed by atoms with Gasteiger partial charge in [0.15, 0.2) is 5.65 Å². The van der Waals surface area contributed by atoms with Crippen molar-refractivity contribution in [2.24, 2.45) is 24.8 Å². The second-order valence-corrected chi connectivity index (χ2v) is 6.79. The van der Waals surface area contributed by atoms with Crippen molar-refractivity contribution >= 4 is 22.8 Å². The number of aromatic nitrogens is 4. The summed E-state index contributed by atoms with van der Waals surface area (Å²) in [6.45, 7) is 12.2. The van der Waals surface area contributed by atoms with Gasteiger partial charge in [-0.2, -0.15) is 5.10 Å². The van der Waals surface area contributed by atoms with Gasteiger partial charge in [-0.3, -0.25) is 4.68 Å². The van der Waals surface area contributed by atoms with E-state index in [4.69, 9.17) is 16.6 Å². The number of aryl methyl sites for hydroxylation is 2. The van der Waals surface area contributed by atoms with Gasteiger partial charge in [-0.25, -0.2) is 4.98 Å². The van der Waals surface area contributed by atoms with Gasteiger partial charge in [0.05, 0.1) is 11.6 Å². The summed E-state index contributed by atoms with van der Waals surface area (Å²) in [6.07, 6.45) is 0.897. The van der Waals surface area contributed by atoms with Crippen LogP contribution in [-0.2, 0) is 25.9 Å². The van der Waals surface area contributed by atoms with Crippen molar-refractivity contribution in [2.45, 2.75) is 53.5 Å². The Bertz CT molecular complexity index is 601. The number of rotatable bonds is 6. The van der Waals surface area contributed by atoms with Crippen LogP contribution >= 0.6 is 11.6 Å². The normalized spacial score (nSPS) is 12.5. The lowest BCUT2D eigenvalue weighted by molar-refractivity contribution is 0.251. The molecular weight excluding hydrogens is 284 g/mol. The third-order valence-electron chi connectivity index (χ3n) is 4.43. The number of nitrogens with zero attached hydrogens (tertiary/aromatic N) is 4. The number of hydrogen-bond donors (Lipinski definition) is 0. The molecule has 21 heavy (non-hydrogen) atoms. The van der Waals surface area contributed by atoms with Crippen molar-refractivity contribution in [3.63, 3.8) is 0 Å². The maximum absolute atomic E-state index is 6.14. The molecule has 0 saturated carbocycles. The van der Waals surface area contributed by atoms with Gasteiger partial charge in [0, 0.05) is 13.6 Å². The summed E-state index contributed by atoms with van der Waals surface area (Å²) in [7, 11) is 2.00. The minimum Gasteiger partial charge on any atom is -0.312 e. The van der Waals surface area contributed by atoms with E-state index in [-0.39, 0.29) is 0 Å². The molecule has 5 heteroatoms. The van der Waals surface area contributed by atoms with Crippen LogP contribution in [0.25, 0.3) is 11.2 Å². The predicted molar refractivity (Wildman–Crippen MR) is 88.6 cm³/mol. The van der Waals surface area contributed by atoms with Crippen LogP contribution < -0.4 is 0 Å². The molecule has 118 valence electrons. The van der Waals surface area contributed by atoms with Gasteiger partial charge in [-0.1, -0.05) is 34.6 Å². The average molecular weight is 311 g/mol. The van der Waals surface area contributed by atoms with E-state index in [1.807, 2.05) is 11.7 Å². The monoisotopic (exact) mass is 310 g/mol. The van der Waals surface area contributed by atoms with E-state index in [2.05, 4.69) is 44.3 Å². The fraction of sp³-hybridized carbons (Fsp3) is 0.750. The summed E-state index contributed by atoms with van der Waals surface area (Å²) in [5.74, 6) is 3.26. The van der Waals surface area contributed by atoms with Crippen molar-refractivity contribution in [3.8, 4) is 0 Å². The fourth-order valence-electron chi connectivity index (χ4n) is 3.22. The van der Waals surface area contributed by atoms with E-state index in [1.165, 1.54) is 0 Å². The third kappa shape index (κ3) is 2.96. The van der Waals surface area contributed by atoms with Crippen LogP contribution in [0.2, 0.25) is 0 Å². The lowest BCUT2D eigenvalue weighted by Gasteiger charge is -2.26. The molecule has 2 aromatic rings. The molecule has 0 bridgehead atoms. The Labute approximate surface area is 132 Å². The zero-order valence-corrected chi connectivity index (χ0v) is 14.8. The number of hydrogen-bond acceptors (Lipinski definition) is 2. The van der Waals surface area contributed by atoms with Gasteiger partial charge in [-0.15, -0.1) is 11.6 Å². The molecule has 2 rings (SSSR count). The smallest absolute Gasteiger partial charge is 0.158 e. The van der Waals surface area contributed by atoms with Crippen molar-refractivity contribution in [1.82, 2.24) is 19.3 Å². The first-order chi connectivity index (χ1) is 9.90. The summed E-state index contributed by atoms with van der Waals surface area (Å²) in [4.78, 5) is 4.74. The summed E-state index contributed by atoms with van der Waals surface area (Å²) >= 11 is 6.14. The molecule has 0 N–H and O–H groups in total. The van der Waals surface area contributed by atoms with Gasteiger partial charge in [0.2, 0.25) is 0 Å². The largest absolute Gasteiger partial charge is 0.312 e. The molecule has 0 unspecified atom stereocenters. The highest BCUT2D eigenvalue weighted by Gasteiger charge is 2.23. The van der Waals surface area contributed by atoms with Crippen molar-refractivity contribution in [1.29, 1.82) is 0 Å². The SMILES string of the molecule is CCc1nn(C)c2c1nc(CCl)n2CC(C(C)C)C(C)C. The highest BCUT2D eigenvalue weighted by Crippen LogP contribution is 2.27. The Balaban J connectivity index is 2.53. The Morgan fingerprint density at radius 2 is 1.76 bits per heavy atom. The summed E-state index contributed by atoms with van der Waals surface area (Å²) in [5.41, 5.74) is 3.18. The van der Waals surface area contributed by atoms with Gasteiger partial charge in [0.25, 0.3) is 0 Å². The zero-order valence-electron chi connectivity index (χ0n) is 14.0. The fourth-order valence-corrected chi connectivity index (χ4v) is 3.43. The number of alkyl halides is 1. The molecule has 0 aliphatic heterocycles. The highest BCUT2D eigenvalue weighted by molar-refractivity contribution is 6.16. The molecule has 0 atom stereocenters. The number of halogens is 1. The topological polar surface area (TPSA) is 35.6 Å². The predicted octanol–water partition coefficient (Wildman–Crippen LogP) is 4.00. The van der Waals surface area contributed by atoms with Gasteiger partial charge in [0.1, 0.15) is 11.3 Å². The first kappa shape index (κ1) is 16.3. The van der Waals surface area contributed by atoms with Crippen LogP contribution in [0, 0.1) is 17.8 Å². The van der Waals surface area contributed by atoms with E-state index < -0.39 is 0 Å². The second kappa shape index (κ2) is 6.39. The lowest BCUT2D eigenvalue weighted by Crippen LogP contribution is -2.23. The molecule has 4 nitrogen and oxygen atoms in total. The molecule has 0 aliphatic rings. The lowest BCUT2D eigenvalue weighted by atomic mass is 9.85. The molecular formula is C16H27ClN4. The minimum absolute atomic E-state index is 0.445. The number of imidazole rings is 1. The molecule has 0 fully saturated rings. The third-order valence-corrected chi connectivity index (χ3v) is 4.67. The molecule has 0 amide bonds. The van der Waals surface area contributed by atoms with E-state index in [1.54, 1.807) is 0 Å². The van der Waals surface area contributed by atoms with E-state index >= 15 is 0 Å². The molecule has 0 aromatic carbocycles. The quantitative estimate of drug-likeness (QED) is 0.756. The summed E-state index contributed by atoms with van der Waals surface area (Å²) < 4.78 is 4.23. The highest BCUT2D eigenvalue weighted by atomic mass is 35.5. The van der Waals surface area contributed by atoms with Crippen LogP contribution in [0.4, 0.5) is 0 Å². The maximum atomic E-state index is 6.14. The van der Waals surface area contributed by atoms with Crippen LogP contribution in [0.3, 0.4) is 0 Å².